The van der Waals surface area contributed by atoms with Crippen LogP contribution in [0.25, 0.3) is 0 Å². The molecule has 0 radical (unpaired) electrons. The van der Waals surface area contributed by atoms with Crippen molar-refractivity contribution in [1.29, 1.82) is 0 Å². The van der Waals surface area contributed by atoms with E-state index < -0.39 is 0 Å². The van der Waals surface area contributed by atoms with E-state index in [2.05, 4.69) is 6.92 Å². The monoisotopic (exact) mass is 161 g/mol. The van der Waals surface area contributed by atoms with Gasteiger partial charge in [0.1, 0.15) is 0 Å². The van der Waals surface area contributed by atoms with Crippen LogP contribution in [0.2, 0.25) is 0 Å². The molecule has 1 saturated carbocycles. The van der Waals surface area contributed by atoms with E-state index >= 15 is 0 Å². The number of rotatable bonds is 1. The molecule has 0 bridgehead atoms. The number of carbonyl (C=O) groups is 1. The summed E-state index contributed by atoms with van der Waals surface area (Å²) in [6.45, 7) is 2.27. The third kappa shape index (κ3) is 1.09. The Bertz CT molecular complexity index is 267. The highest BCUT2D eigenvalue weighted by Crippen LogP contribution is 2.47. The molecular weight excluding hydrogens is 148 g/mol. The maximum Gasteiger partial charge on any atom is 0.284 e. The van der Waals surface area contributed by atoms with Crippen LogP contribution in [0.1, 0.15) is 26.2 Å². The van der Waals surface area contributed by atoms with Crippen molar-refractivity contribution in [2.45, 2.75) is 26.2 Å². The third-order valence-corrected chi connectivity index (χ3v) is 3.01. The second kappa shape index (κ2) is 2.51. The Labute approximate surface area is 73.2 Å². The van der Waals surface area contributed by atoms with Crippen LogP contribution >= 0.6 is 0 Å². The molecule has 0 aromatic heterocycles. The van der Waals surface area contributed by atoms with Gasteiger partial charge in [-0.2, -0.15) is 0 Å². The molecule has 0 N–H and O–H groups in total. The van der Waals surface area contributed by atoms with Gasteiger partial charge in [-0.15, -0.1) is 0 Å². The topological polar surface area (TPSA) is 17.1 Å². The van der Waals surface area contributed by atoms with Crippen LogP contribution in [-0.2, 0) is 4.79 Å². The van der Waals surface area contributed by atoms with Crippen molar-refractivity contribution in [3.63, 3.8) is 0 Å². The van der Waals surface area contributed by atoms with E-state index in [1.165, 1.54) is 24.8 Å². The van der Waals surface area contributed by atoms with Gasteiger partial charge >= 0.3 is 0 Å². The Morgan fingerprint density at radius 2 is 2.17 bits per heavy atom. The van der Waals surface area contributed by atoms with Gasteiger partial charge < -0.3 is 0 Å². The van der Waals surface area contributed by atoms with Crippen molar-refractivity contribution in [2.75, 3.05) is 0 Å². The lowest BCUT2D eigenvalue weighted by Crippen LogP contribution is -2.28. The minimum atomic E-state index is 0.113. The van der Waals surface area contributed by atoms with Gasteiger partial charge in [0, 0.05) is 5.41 Å². The maximum atomic E-state index is 10.9. The van der Waals surface area contributed by atoms with Crippen LogP contribution in [0, 0.1) is 11.8 Å². The molecule has 0 unspecified atom stereocenters. The van der Waals surface area contributed by atoms with Gasteiger partial charge in [-0.05, 0) is 26.2 Å². The Morgan fingerprint density at radius 1 is 1.42 bits per heavy atom. The molecule has 2 aliphatic rings. The summed E-state index contributed by atoms with van der Waals surface area (Å²) in [6, 6.07) is 0. The fraction of sp³-hybridized carbons (Fsp3) is 0.455. The van der Waals surface area contributed by atoms with Crippen molar-refractivity contribution in [2.24, 2.45) is 5.41 Å². The van der Waals surface area contributed by atoms with Crippen LogP contribution in [0.15, 0.2) is 23.8 Å². The Hall–Kier alpha value is -0.980. The molecule has 0 heterocycles. The molecule has 1 fully saturated rings. The van der Waals surface area contributed by atoms with E-state index in [-0.39, 0.29) is 5.78 Å². The predicted molar refractivity (Wildman–Crippen MR) is 48.5 cm³/mol. The second-order valence-corrected chi connectivity index (χ2v) is 3.94. The first-order valence-electron chi connectivity index (χ1n) is 4.48. The van der Waals surface area contributed by atoms with Crippen molar-refractivity contribution in [3.8, 4) is 0 Å². The molecule has 12 heavy (non-hydrogen) atoms. The largest absolute Gasteiger partial charge is 0.284 e. The van der Waals surface area contributed by atoms with Crippen LogP contribution in [0.5, 0.6) is 0 Å². The first-order valence-corrected chi connectivity index (χ1v) is 4.48. The molecule has 0 aliphatic heterocycles. The number of carbonyl (C=O) groups excluding carboxylic acids is 1. The zero-order valence-electron chi connectivity index (χ0n) is 7.34. The molecule has 0 amide bonds. The van der Waals surface area contributed by atoms with E-state index in [1.54, 1.807) is 12.5 Å². The van der Waals surface area contributed by atoms with Gasteiger partial charge in [0.25, 0.3) is 5.78 Å². The highest BCUT2D eigenvalue weighted by atomic mass is 16.1. The number of allylic oxidation sites excluding steroid dienone is 4. The summed E-state index contributed by atoms with van der Waals surface area (Å²) < 4.78 is 0. The van der Waals surface area contributed by atoms with Crippen LogP contribution in [0.3, 0.4) is 0 Å². The lowest BCUT2D eigenvalue weighted by Gasteiger charge is -2.36. The van der Waals surface area contributed by atoms with Crippen LogP contribution in [0.4, 0.5) is 0 Å². The summed E-state index contributed by atoms with van der Waals surface area (Å²) in [6.07, 6.45) is 11.1. The van der Waals surface area contributed by atoms with Crippen molar-refractivity contribution in [1.82, 2.24) is 0 Å². The lowest BCUT2D eigenvalue weighted by molar-refractivity contribution is -0.111. The first-order chi connectivity index (χ1) is 5.71. The van der Waals surface area contributed by atoms with Gasteiger partial charge in [-0.3, -0.25) is 4.79 Å². The number of ketones is 1. The molecule has 0 saturated heterocycles. The smallest absolute Gasteiger partial charge is 0.258 e. The summed E-state index contributed by atoms with van der Waals surface area (Å²) in [7, 11) is 0. The zero-order chi connectivity index (χ0) is 8.60. The average Bonchev–Trinajstić information content (AvgIpc) is 2.02. The standard InChI is InChI=1S/C11H13O/c1-11(7-2-8-11)9-3-5-10(12)6-4-9/h3-6H,2,7-8H2,1H3/q+1. The quantitative estimate of drug-likeness (QED) is 0.540. The predicted octanol–water partition coefficient (Wildman–Crippen LogP) is 2.45. The summed E-state index contributed by atoms with van der Waals surface area (Å²) >= 11 is 0. The zero-order valence-corrected chi connectivity index (χ0v) is 7.34. The molecule has 0 spiro atoms. The molecule has 0 atom stereocenters. The molecule has 1 nitrogen and oxygen atoms in total. The van der Waals surface area contributed by atoms with E-state index in [4.69, 9.17) is 0 Å². The van der Waals surface area contributed by atoms with Crippen molar-refractivity contribution >= 4 is 5.78 Å². The first kappa shape index (κ1) is 7.66. The average molecular weight is 161 g/mol. The van der Waals surface area contributed by atoms with Gasteiger partial charge in [-0.25, -0.2) is 0 Å². The molecule has 0 aromatic carbocycles. The SMILES string of the molecule is CC1(C2=C[CH+]C(=O)C=C2)CCC1. The van der Waals surface area contributed by atoms with Crippen molar-refractivity contribution < 1.29 is 4.79 Å². The molecule has 0 aromatic rings. The summed E-state index contributed by atoms with van der Waals surface area (Å²) in [5.74, 6) is 0.113. The number of hydrogen-bond acceptors (Lipinski definition) is 1. The molecule has 2 rings (SSSR count). The fourth-order valence-electron chi connectivity index (χ4n) is 1.85. The Balaban J connectivity index is 2.15. The maximum absolute atomic E-state index is 10.9. The van der Waals surface area contributed by atoms with E-state index in [0.29, 0.717) is 5.41 Å². The summed E-state index contributed by atoms with van der Waals surface area (Å²) in [5.41, 5.74) is 1.70. The van der Waals surface area contributed by atoms with Crippen LogP contribution < -0.4 is 0 Å². The molecule has 62 valence electrons. The van der Waals surface area contributed by atoms with Gasteiger partial charge in [0.2, 0.25) is 0 Å². The number of hydrogen-bond donors (Lipinski definition) is 0. The minimum Gasteiger partial charge on any atom is -0.258 e. The Kier molecular flexibility index (Phi) is 1.60. The fourth-order valence-corrected chi connectivity index (χ4v) is 1.85. The van der Waals surface area contributed by atoms with E-state index in [1.807, 2.05) is 12.2 Å². The molecule has 1 heteroatoms. The second-order valence-electron chi connectivity index (χ2n) is 3.94. The van der Waals surface area contributed by atoms with Crippen molar-refractivity contribution in [3.05, 3.63) is 30.2 Å². The lowest BCUT2D eigenvalue weighted by atomic mass is 9.64. The van der Waals surface area contributed by atoms with Crippen LogP contribution in [-0.4, -0.2) is 5.78 Å². The highest BCUT2D eigenvalue weighted by molar-refractivity contribution is 6.00. The minimum absolute atomic E-state index is 0.113. The van der Waals surface area contributed by atoms with E-state index in [0.717, 1.165) is 0 Å². The van der Waals surface area contributed by atoms with Gasteiger partial charge in [0.15, 0.2) is 0 Å². The highest BCUT2D eigenvalue weighted by Gasteiger charge is 2.39. The Morgan fingerprint density at radius 3 is 2.58 bits per heavy atom. The molecular formula is C11H13O+. The molecule has 2 aliphatic carbocycles. The van der Waals surface area contributed by atoms with Gasteiger partial charge in [0.05, 0.1) is 30.2 Å². The third-order valence-electron chi connectivity index (χ3n) is 3.01. The normalized spacial score (nSPS) is 25.8. The summed E-state index contributed by atoms with van der Waals surface area (Å²) in [4.78, 5) is 10.9. The van der Waals surface area contributed by atoms with Gasteiger partial charge in [-0.1, -0.05) is 0 Å². The van der Waals surface area contributed by atoms with E-state index in [9.17, 15) is 4.79 Å². The summed E-state index contributed by atoms with van der Waals surface area (Å²) in [5, 5.41) is 0.